The molecule has 9 heteroatoms. The molecule has 0 fully saturated rings. The summed E-state index contributed by atoms with van der Waals surface area (Å²) in [5, 5.41) is 14.1. The van der Waals surface area contributed by atoms with Crippen LogP contribution < -0.4 is 10.6 Å². The molecular weight excluding hydrogens is 371 g/mol. The summed E-state index contributed by atoms with van der Waals surface area (Å²) in [5.41, 5.74) is 0.314. The SMILES string of the molecule is N#Cc1ccc(NC(=O)c2cc(Nc3cccc(C(F)(F)F)c3)ncn2)cc1. The molecule has 6 nitrogen and oxygen atoms in total. The van der Waals surface area contributed by atoms with Gasteiger partial charge in [0, 0.05) is 17.4 Å². The van der Waals surface area contributed by atoms with Gasteiger partial charge in [-0.25, -0.2) is 9.97 Å². The Morgan fingerprint density at radius 3 is 2.43 bits per heavy atom. The Hall–Kier alpha value is -3.93. The van der Waals surface area contributed by atoms with E-state index in [0.717, 1.165) is 18.5 Å². The number of benzene rings is 2. The van der Waals surface area contributed by atoms with Crippen LogP contribution in [0.5, 0.6) is 0 Å². The van der Waals surface area contributed by atoms with E-state index in [-0.39, 0.29) is 17.2 Å². The summed E-state index contributed by atoms with van der Waals surface area (Å²) in [7, 11) is 0. The standard InChI is InChI=1S/C19H12F3N5O/c20-19(21,22)13-2-1-3-15(8-13)26-17-9-16(24-11-25-17)18(28)27-14-6-4-12(10-23)5-7-14/h1-9,11H,(H,27,28)(H,24,25,26). The highest BCUT2D eigenvalue weighted by molar-refractivity contribution is 6.03. The highest BCUT2D eigenvalue weighted by atomic mass is 19.4. The molecule has 0 atom stereocenters. The number of anilines is 3. The molecule has 28 heavy (non-hydrogen) atoms. The van der Waals surface area contributed by atoms with E-state index in [2.05, 4.69) is 20.6 Å². The molecule has 0 aliphatic carbocycles. The molecule has 2 aromatic carbocycles. The Morgan fingerprint density at radius 2 is 1.75 bits per heavy atom. The average molecular weight is 383 g/mol. The lowest BCUT2D eigenvalue weighted by molar-refractivity contribution is -0.137. The molecule has 3 aromatic rings. The predicted molar refractivity (Wildman–Crippen MR) is 95.9 cm³/mol. The summed E-state index contributed by atoms with van der Waals surface area (Å²) in [4.78, 5) is 20.1. The van der Waals surface area contributed by atoms with E-state index in [9.17, 15) is 18.0 Å². The Bertz CT molecular complexity index is 1040. The van der Waals surface area contributed by atoms with E-state index < -0.39 is 17.6 Å². The highest BCUT2D eigenvalue weighted by Gasteiger charge is 2.30. The van der Waals surface area contributed by atoms with Crippen molar-refractivity contribution in [1.82, 2.24) is 9.97 Å². The van der Waals surface area contributed by atoms with E-state index in [1.165, 1.54) is 18.2 Å². The van der Waals surface area contributed by atoms with Crippen molar-refractivity contribution >= 4 is 23.1 Å². The van der Waals surface area contributed by atoms with Crippen molar-refractivity contribution in [1.29, 1.82) is 5.26 Å². The van der Waals surface area contributed by atoms with Crippen molar-refractivity contribution in [2.24, 2.45) is 0 Å². The molecule has 1 heterocycles. The molecule has 2 N–H and O–H groups in total. The van der Waals surface area contributed by atoms with Crippen molar-refractivity contribution in [3.05, 3.63) is 77.7 Å². The van der Waals surface area contributed by atoms with Gasteiger partial charge < -0.3 is 10.6 Å². The number of amides is 1. The van der Waals surface area contributed by atoms with Crippen LogP contribution in [0.25, 0.3) is 0 Å². The number of aromatic nitrogens is 2. The minimum Gasteiger partial charge on any atom is -0.340 e. The van der Waals surface area contributed by atoms with E-state index in [1.807, 2.05) is 6.07 Å². The zero-order valence-corrected chi connectivity index (χ0v) is 14.2. The zero-order valence-electron chi connectivity index (χ0n) is 14.2. The summed E-state index contributed by atoms with van der Waals surface area (Å²) in [6.07, 6.45) is -3.33. The zero-order chi connectivity index (χ0) is 20.1. The third-order valence-corrected chi connectivity index (χ3v) is 3.63. The number of nitrogens with one attached hydrogen (secondary N) is 2. The number of hydrogen-bond donors (Lipinski definition) is 2. The van der Waals surface area contributed by atoms with Gasteiger partial charge in [0.05, 0.1) is 17.2 Å². The number of carbonyl (C=O) groups is 1. The largest absolute Gasteiger partial charge is 0.416 e. The molecule has 0 saturated heterocycles. The molecular formula is C19H12F3N5O. The first-order valence-electron chi connectivity index (χ1n) is 7.93. The van der Waals surface area contributed by atoms with Gasteiger partial charge in [0.15, 0.2) is 0 Å². The molecule has 1 aromatic heterocycles. The van der Waals surface area contributed by atoms with Crippen molar-refractivity contribution in [3.63, 3.8) is 0 Å². The number of nitrogens with zero attached hydrogens (tertiary/aromatic N) is 3. The highest BCUT2D eigenvalue weighted by Crippen LogP contribution is 2.31. The van der Waals surface area contributed by atoms with Crippen LogP contribution in [-0.2, 0) is 6.18 Å². The fourth-order valence-corrected chi connectivity index (χ4v) is 2.29. The van der Waals surface area contributed by atoms with Gasteiger partial charge in [-0.1, -0.05) is 6.07 Å². The molecule has 3 rings (SSSR count). The molecule has 0 unspecified atom stereocenters. The lowest BCUT2D eigenvalue weighted by Crippen LogP contribution is -2.14. The predicted octanol–water partition coefficient (Wildman–Crippen LogP) is 4.36. The van der Waals surface area contributed by atoms with Gasteiger partial charge >= 0.3 is 6.18 Å². The molecule has 1 amide bonds. The van der Waals surface area contributed by atoms with E-state index >= 15 is 0 Å². The third kappa shape index (κ3) is 4.62. The first-order valence-corrected chi connectivity index (χ1v) is 7.93. The van der Waals surface area contributed by atoms with Crippen molar-refractivity contribution in [2.45, 2.75) is 6.18 Å². The second kappa shape index (κ2) is 7.75. The van der Waals surface area contributed by atoms with Crippen LogP contribution in [0.1, 0.15) is 21.6 Å². The van der Waals surface area contributed by atoms with Crippen molar-refractivity contribution < 1.29 is 18.0 Å². The maximum absolute atomic E-state index is 12.8. The molecule has 0 saturated carbocycles. The number of nitriles is 1. The fraction of sp³-hybridized carbons (Fsp3) is 0.0526. The van der Waals surface area contributed by atoms with Crippen LogP contribution in [0.4, 0.5) is 30.4 Å². The first-order chi connectivity index (χ1) is 13.3. The van der Waals surface area contributed by atoms with Gasteiger partial charge in [-0.3, -0.25) is 4.79 Å². The molecule has 0 spiro atoms. The van der Waals surface area contributed by atoms with Crippen LogP contribution in [0.3, 0.4) is 0 Å². The van der Waals surface area contributed by atoms with E-state index in [4.69, 9.17) is 5.26 Å². The van der Waals surface area contributed by atoms with Gasteiger partial charge in [-0.05, 0) is 42.5 Å². The van der Waals surface area contributed by atoms with E-state index in [1.54, 1.807) is 24.3 Å². The molecule has 0 bridgehead atoms. The van der Waals surface area contributed by atoms with Crippen LogP contribution in [0.15, 0.2) is 60.9 Å². The number of alkyl halides is 3. The summed E-state index contributed by atoms with van der Waals surface area (Å²) < 4.78 is 38.4. The topological polar surface area (TPSA) is 90.7 Å². The van der Waals surface area contributed by atoms with Gasteiger partial charge in [0.1, 0.15) is 17.8 Å². The lowest BCUT2D eigenvalue weighted by Gasteiger charge is -2.10. The molecule has 0 aliphatic rings. The summed E-state index contributed by atoms with van der Waals surface area (Å²) in [6.45, 7) is 0. The second-order valence-corrected chi connectivity index (χ2v) is 5.64. The maximum atomic E-state index is 12.8. The fourth-order valence-electron chi connectivity index (χ4n) is 2.29. The monoisotopic (exact) mass is 383 g/mol. The number of hydrogen-bond acceptors (Lipinski definition) is 5. The first kappa shape index (κ1) is 18.8. The molecule has 0 radical (unpaired) electrons. The maximum Gasteiger partial charge on any atom is 0.416 e. The summed E-state index contributed by atoms with van der Waals surface area (Å²) >= 11 is 0. The van der Waals surface area contributed by atoms with Crippen molar-refractivity contribution in [2.75, 3.05) is 10.6 Å². The number of halogens is 3. The normalized spacial score (nSPS) is 10.8. The quantitative estimate of drug-likeness (QED) is 0.698. The minimum absolute atomic E-state index is 0.0221. The van der Waals surface area contributed by atoms with E-state index in [0.29, 0.717) is 11.3 Å². The Labute approximate surface area is 157 Å². The minimum atomic E-state index is -4.46. The second-order valence-electron chi connectivity index (χ2n) is 5.64. The smallest absolute Gasteiger partial charge is 0.340 e. The van der Waals surface area contributed by atoms with Gasteiger partial charge in [0.25, 0.3) is 5.91 Å². The average Bonchev–Trinajstić information content (AvgIpc) is 2.68. The van der Waals surface area contributed by atoms with Crippen LogP contribution in [0.2, 0.25) is 0 Å². The summed E-state index contributed by atoms with van der Waals surface area (Å²) in [6, 6.07) is 14.2. The summed E-state index contributed by atoms with van der Waals surface area (Å²) in [5.74, 6) is -0.362. The number of rotatable bonds is 4. The van der Waals surface area contributed by atoms with Gasteiger partial charge in [0.2, 0.25) is 0 Å². The Morgan fingerprint density at radius 1 is 1.00 bits per heavy atom. The Balaban J connectivity index is 1.75. The van der Waals surface area contributed by atoms with Gasteiger partial charge in [-0.2, -0.15) is 18.4 Å². The lowest BCUT2D eigenvalue weighted by atomic mass is 10.2. The van der Waals surface area contributed by atoms with Crippen molar-refractivity contribution in [3.8, 4) is 6.07 Å². The molecule has 140 valence electrons. The third-order valence-electron chi connectivity index (χ3n) is 3.63. The van der Waals surface area contributed by atoms with Crippen LogP contribution >= 0.6 is 0 Å². The number of carbonyl (C=O) groups excluding carboxylic acids is 1. The van der Waals surface area contributed by atoms with Gasteiger partial charge in [-0.15, -0.1) is 0 Å². The molecule has 0 aliphatic heterocycles. The Kier molecular flexibility index (Phi) is 5.22. The van der Waals surface area contributed by atoms with Crippen LogP contribution in [-0.4, -0.2) is 15.9 Å². The van der Waals surface area contributed by atoms with Crippen LogP contribution in [0, 0.1) is 11.3 Å².